The van der Waals surface area contributed by atoms with Gasteiger partial charge in [0.05, 0.1) is 0 Å². The monoisotopic (exact) mass is 207 g/mol. The van der Waals surface area contributed by atoms with E-state index in [1.165, 1.54) is 0 Å². The molecule has 1 aliphatic heterocycles. The van der Waals surface area contributed by atoms with Crippen LogP contribution in [0.15, 0.2) is 29.8 Å². The second kappa shape index (κ2) is 4.86. The van der Waals surface area contributed by atoms with Crippen molar-refractivity contribution in [2.24, 2.45) is 0 Å². The van der Waals surface area contributed by atoms with Gasteiger partial charge in [-0.05, 0) is 12.1 Å². The molecule has 0 saturated heterocycles. The molecule has 0 fully saturated rings. The predicted molar refractivity (Wildman–Crippen MR) is 55.5 cm³/mol. The topological polar surface area (TPSA) is 68.8 Å². The molecule has 0 aromatic heterocycles. The van der Waals surface area contributed by atoms with E-state index in [2.05, 4.69) is 5.48 Å². The van der Waals surface area contributed by atoms with Gasteiger partial charge in [-0.3, -0.25) is 0 Å². The molecular weight excluding hydrogens is 201 g/mol. The first kappa shape index (κ1) is 11.6. The van der Waals surface area contributed by atoms with Gasteiger partial charge in [0.15, 0.2) is 11.3 Å². The number of hydroxylamine groups is 1. The summed E-state index contributed by atoms with van der Waals surface area (Å²) in [5, 5.41) is 17.4. The average molecular weight is 207 g/mol. The number of nitriles is 2. The molecule has 0 aliphatic carbocycles. The molecule has 0 spiro atoms. The molecule has 0 unspecified atom stereocenters. The van der Waals surface area contributed by atoms with Gasteiger partial charge in [-0.15, -0.1) is 0 Å². The first-order valence-electron chi connectivity index (χ1n) is 3.93. The van der Waals surface area contributed by atoms with Crippen molar-refractivity contribution < 1.29 is 4.84 Å². The number of rotatable bonds is 0. The van der Waals surface area contributed by atoms with Crippen LogP contribution in [-0.2, 0) is 0 Å². The quantitative estimate of drug-likeness (QED) is 0.502. The zero-order chi connectivity index (χ0) is 9.97. The summed E-state index contributed by atoms with van der Waals surface area (Å²) in [6.45, 7) is 0. The number of allylic oxidation sites excluding steroid dienone is 1. The third-order valence-electron chi connectivity index (χ3n) is 1.89. The fraction of sp³-hybridized carbons (Fsp3) is 0. The summed E-state index contributed by atoms with van der Waals surface area (Å²) in [6.07, 6.45) is 0. The molecule has 0 atom stereocenters. The van der Waals surface area contributed by atoms with Crippen LogP contribution >= 0.6 is 0 Å². The van der Waals surface area contributed by atoms with Crippen molar-refractivity contribution in [2.75, 3.05) is 0 Å². The Hall–Kier alpha value is -1.46. The van der Waals surface area contributed by atoms with E-state index < -0.39 is 0 Å². The molecule has 5 heteroatoms. The minimum atomic E-state index is 0. The van der Waals surface area contributed by atoms with Crippen LogP contribution in [0.1, 0.15) is 5.56 Å². The van der Waals surface area contributed by atoms with E-state index in [1.807, 2.05) is 24.3 Å². The predicted octanol–water partition coefficient (Wildman–Crippen LogP) is 0.693. The van der Waals surface area contributed by atoms with Gasteiger partial charge >= 0.3 is 29.6 Å². The summed E-state index contributed by atoms with van der Waals surface area (Å²) in [7, 11) is 0. The van der Waals surface area contributed by atoms with Gasteiger partial charge in [0.25, 0.3) is 0 Å². The fourth-order valence-corrected chi connectivity index (χ4v) is 1.25. The van der Waals surface area contributed by atoms with E-state index in [4.69, 9.17) is 15.4 Å². The van der Waals surface area contributed by atoms with Gasteiger partial charge in [-0.1, -0.05) is 12.1 Å². The van der Waals surface area contributed by atoms with Crippen LogP contribution in [0.3, 0.4) is 0 Å². The Kier molecular flexibility index (Phi) is 3.76. The standard InChI is InChI=1S/C10H5N3O.Na.H/c11-5-7(6-12)10-8-3-1-2-4-9(8)14-13-10;;/h1-4,13H;;. The third-order valence-corrected chi connectivity index (χ3v) is 1.89. The molecule has 0 radical (unpaired) electrons. The Labute approximate surface area is 109 Å². The molecule has 1 aromatic rings. The molecule has 4 nitrogen and oxygen atoms in total. The number of fused-ring (bicyclic) bond motifs is 1. The molecule has 1 aromatic carbocycles. The Morgan fingerprint density at radius 2 is 1.87 bits per heavy atom. The van der Waals surface area contributed by atoms with Crippen molar-refractivity contribution in [3.63, 3.8) is 0 Å². The van der Waals surface area contributed by atoms with Crippen LogP contribution in [0.4, 0.5) is 0 Å². The van der Waals surface area contributed by atoms with Crippen molar-refractivity contribution in [3.8, 4) is 17.9 Å². The molecule has 0 amide bonds. The number of hydrogen-bond acceptors (Lipinski definition) is 4. The van der Waals surface area contributed by atoms with Crippen molar-refractivity contribution in [3.05, 3.63) is 35.4 Å². The van der Waals surface area contributed by atoms with E-state index in [1.54, 1.807) is 12.1 Å². The molecule has 15 heavy (non-hydrogen) atoms. The molecule has 68 valence electrons. The zero-order valence-corrected chi connectivity index (χ0v) is 7.11. The van der Waals surface area contributed by atoms with Gasteiger partial charge in [-0.2, -0.15) is 10.5 Å². The van der Waals surface area contributed by atoms with E-state index >= 15 is 0 Å². The molecule has 1 aliphatic rings. The number of nitrogens with zero attached hydrogens (tertiary/aromatic N) is 2. The molecular formula is C10H6N3NaO. The molecule has 0 bridgehead atoms. The summed E-state index contributed by atoms with van der Waals surface area (Å²) in [5.74, 6) is 0.630. The van der Waals surface area contributed by atoms with Gasteiger partial charge in [-0.25, -0.2) is 5.48 Å². The van der Waals surface area contributed by atoms with Gasteiger partial charge in [0.2, 0.25) is 0 Å². The second-order valence-corrected chi connectivity index (χ2v) is 2.67. The first-order valence-corrected chi connectivity index (χ1v) is 3.93. The van der Waals surface area contributed by atoms with Crippen LogP contribution in [0, 0.1) is 22.7 Å². The molecule has 0 saturated carbocycles. The van der Waals surface area contributed by atoms with E-state index in [0.29, 0.717) is 11.4 Å². The molecule has 1 heterocycles. The van der Waals surface area contributed by atoms with E-state index in [0.717, 1.165) is 5.56 Å². The van der Waals surface area contributed by atoms with Gasteiger partial charge in [0, 0.05) is 5.56 Å². The Balaban J connectivity index is 0.00000112. The number of para-hydroxylation sites is 1. The minimum absolute atomic E-state index is 0. The summed E-state index contributed by atoms with van der Waals surface area (Å²) in [6, 6.07) is 10.8. The number of hydrogen-bond donors (Lipinski definition) is 1. The summed E-state index contributed by atoms with van der Waals surface area (Å²) < 4.78 is 0. The van der Waals surface area contributed by atoms with Crippen molar-refractivity contribution in [1.82, 2.24) is 5.48 Å². The van der Waals surface area contributed by atoms with E-state index in [-0.39, 0.29) is 35.1 Å². The number of benzene rings is 1. The summed E-state index contributed by atoms with van der Waals surface area (Å²) >= 11 is 0. The van der Waals surface area contributed by atoms with Gasteiger partial charge in [0.1, 0.15) is 17.8 Å². The Morgan fingerprint density at radius 3 is 2.53 bits per heavy atom. The first-order chi connectivity index (χ1) is 6.86. The Bertz CT molecular complexity index is 480. The SMILES string of the molecule is N#CC(C#N)=C1NOc2ccccc21.[NaH]. The molecule has 1 N–H and O–H groups in total. The zero-order valence-electron chi connectivity index (χ0n) is 7.11. The van der Waals surface area contributed by atoms with E-state index in [9.17, 15) is 0 Å². The normalized spacial score (nSPS) is 10.9. The number of nitrogens with one attached hydrogen (secondary N) is 1. The van der Waals surface area contributed by atoms with Crippen LogP contribution in [-0.4, -0.2) is 29.6 Å². The van der Waals surface area contributed by atoms with Crippen LogP contribution < -0.4 is 10.3 Å². The summed E-state index contributed by atoms with van der Waals surface area (Å²) in [5.41, 5.74) is 3.76. The third kappa shape index (κ3) is 1.98. The van der Waals surface area contributed by atoms with Crippen LogP contribution in [0.5, 0.6) is 5.75 Å². The van der Waals surface area contributed by atoms with Crippen molar-refractivity contribution in [2.45, 2.75) is 0 Å². The maximum absolute atomic E-state index is 8.69. The average Bonchev–Trinajstić information content (AvgIpc) is 2.65. The van der Waals surface area contributed by atoms with Crippen molar-refractivity contribution >= 4 is 35.3 Å². The second-order valence-electron chi connectivity index (χ2n) is 2.67. The maximum atomic E-state index is 8.69. The Morgan fingerprint density at radius 1 is 1.20 bits per heavy atom. The summed E-state index contributed by atoms with van der Waals surface area (Å²) in [4.78, 5) is 5.09. The van der Waals surface area contributed by atoms with Crippen LogP contribution in [0.2, 0.25) is 0 Å². The van der Waals surface area contributed by atoms with Crippen LogP contribution in [0.25, 0.3) is 5.70 Å². The van der Waals surface area contributed by atoms with Gasteiger partial charge < -0.3 is 4.84 Å². The molecule has 2 rings (SSSR count). The fourth-order valence-electron chi connectivity index (χ4n) is 1.25. The van der Waals surface area contributed by atoms with Crippen molar-refractivity contribution in [1.29, 1.82) is 10.5 Å².